The molecule has 0 aliphatic carbocycles. The number of rotatable bonds is 10. The molecule has 2 aromatic carbocycles. The van der Waals surface area contributed by atoms with Gasteiger partial charge in [-0.05, 0) is 49.2 Å². The Morgan fingerprint density at radius 1 is 1.22 bits per heavy atom. The highest BCUT2D eigenvalue weighted by Gasteiger charge is 2.15. The summed E-state index contributed by atoms with van der Waals surface area (Å²) in [4.78, 5) is 14.9. The number of halogens is 2. The van der Waals surface area contributed by atoms with Crippen LogP contribution in [0.15, 0.2) is 53.7 Å². The van der Waals surface area contributed by atoms with Crippen molar-refractivity contribution in [2.75, 3.05) is 32.9 Å². The van der Waals surface area contributed by atoms with Gasteiger partial charge in [-0.25, -0.2) is 4.39 Å². The second-order valence-electron chi connectivity index (χ2n) is 8.94. The molecule has 0 saturated carbocycles. The van der Waals surface area contributed by atoms with Gasteiger partial charge in [-0.1, -0.05) is 37.6 Å². The van der Waals surface area contributed by atoms with E-state index in [1.807, 2.05) is 19.1 Å². The first-order valence-corrected chi connectivity index (χ1v) is 12.5. The lowest BCUT2D eigenvalue weighted by atomic mass is 10.1. The van der Waals surface area contributed by atoms with Crippen LogP contribution in [0.3, 0.4) is 0 Å². The van der Waals surface area contributed by atoms with Gasteiger partial charge in [0, 0.05) is 41.3 Å². The number of hydrogen-bond donors (Lipinski definition) is 2. The second kappa shape index (κ2) is 14.0. The molecule has 0 atom stereocenters. The minimum atomic E-state index is -0.450. The summed E-state index contributed by atoms with van der Waals surface area (Å²) in [5.74, 6) is 0.544. The van der Waals surface area contributed by atoms with Crippen molar-refractivity contribution in [2.24, 2.45) is 11.0 Å². The van der Waals surface area contributed by atoms with E-state index in [1.54, 1.807) is 30.4 Å². The highest BCUT2D eigenvalue weighted by Crippen LogP contribution is 2.23. The fourth-order valence-electron chi connectivity index (χ4n) is 3.56. The Kier molecular flexibility index (Phi) is 10.7. The van der Waals surface area contributed by atoms with Crippen LogP contribution in [-0.2, 0) is 17.8 Å². The Morgan fingerprint density at radius 2 is 2.00 bits per heavy atom. The molecule has 1 fully saturated rings. The number of hydrazone groups is 1. The number of carbonyl (C=O) groups excluding carboxylic acids is 1. The smallest absolute Gasteiger partial charge is 0.256 e. The quantitative estimate of drug-likeness (QED) is 0.271. The number of allylic oxidation sites excluding steroid dienone is 1. The molecule has 1 saturated heterocycles. The third kappa shape index (κ3) is 8.62. The van der Waals surface area contributed by atoms with Crippen molar-refractivity contribution in [3.05, 3.63) is 76.1 Å². The van der Waals surface area contributed by atoms with E-state index >= 15 is 0 Å². The number of nitrogens with zero attached hydrogens (tertiary/aromatic N) is 2. The van der Waals surface area contributed by atoms with E-state index in [0.717, 1.165) is 24.4 Å². The fraction of sp³-hybridized carbons (Fsp3) is 0.407. The van der Waals surface area contributed by atoms with Crippen molar-refractivity contribution in [3.8, 4) is 5.75 Å². The normalized spacial score (nSPS) is 14.9. The van der Waals surface area contributed by atoms with Crippen molar-refractivity contribution in [1.82, 2.24) is 15.6 Å². The molecule has 1 aliphatic rings. The van der Waals surface area contributed by atoms with Crippen molar-refractivity contribution in [3.63, 3.8) is 0 Å². The van der Waals surface area contributed by atoms with Crippen LogP contribution in [0.1, 0.15) is 42.3 Å². The van der Waals surface area contributed by atoms with Crippen molar-refractivity contribution in [1.29, 1.82) is 0 Å². The second-order valence-corrected chi connectivity index (χ2v) is 9.37. The van der Waals surface area contributed by atoms with Crippen LogP contribution in [0.5, 0.6) is 5.75 Å². The standard InChI is InChI=1S/C27H34ClFN4O3/c1-4-5-26(32-30-16-22-14-23(28)8-9-25(22)36-18-19(2)3)31-27(34)20-6-7-21(24(29)15-20)17-33-10-12-35-13-11-33/h4-9,14-15,19,30H,10-13,16-18H2,1-3H3,(H,31,32,34)/b5-4+. The molecule has 36 heavy (non-hydrogen) atoms. The Morgan fingerprint density at radius 3 is 2.69 bits per heavy atom. The van der Waals surface area contributed by atoms with Gasteiger partial charge in [0.25, 0.3) is 5.91 Å². The monoisotopic (exact) mass is 516 g/mol. The van der Waals surface area contributed by atoms with E-state index in [-0.39, 0.29) is 5.56 Å². The average Bonchev–Trinajstić information content (AvgIpc) is 2.85. The molecular weight excluding hydrogens is 483 g/mol. The van der Waals surface area contributed by atoms with Crippen molar-refractivity contribution in [2.45, 2.75) is 33.9 Å². The number of nitrogens with one attached hydrogen (secondary N) is 2. The zero-order chi connectivity index (χ0) is 25.9. The first-order valence-electron chi connectivity index (χ1n) is 12.1. The summed E-state index contributed by atoms with van der Waals surface area (Å²) in [6.07, 6.45) is 3.41. The number of morpholine rings is 1. The number of carbonyl (C=O) groups is 1. The Labute approximate surface area is 217 Å². The molecule has 0 radical (unpaired) electrons. The maximum Gasteiger partial charge on any atom is 0.256 e. The lowest BCUT2D eigenvalue weighted by Gasteiger charge is -2.26. The van der Waals surface area contributed by atoms with Crippen LogP contribution in [0.2, 0.25) is 5.02 Å². The van der Waals surface area contributed by atoms with Gasteiger partial charge < -0.3 is 20.2 Å². The molecule has 3 rings (SSSR count). The van der Waals surface area contributed by atoms with Crippen LogP contribution in [0.25, 0.3) is 0 Å². The maximum absolute atomic E-state index is 14.7. The zero-order valence-corrected chi connectivity index (χ0v) is 21.8. The number of ether oxygens (including phenoxy) is 2. The molecule has 1 amide bonds. The molecule has 0 spiro atoms. The maximum atomic E-state index is 14.7. The Hall–Kier alpha value is -2.94. The van der Waals surface area contributed by atoms with E-state index in [9.17, 15) is 9.18 Å². The Bertz CT molecular complexity index is 1080. The van der Waals surface area contributed by atoms with Crippen LogP contribution < -0.4 is 15.5 Å². The summed E-state index contributed by atoms with van der Waals surface area (Å²) in [6.45, 7) is 10.2. The largest absolute Gasteiger partial charge is 0.493 e. The van der Waals surface area contributed by atoms with Crippen molar-refractivity contribution < 1.29 is 18.7 Å². The molecular formula is C27H34ClFN4O3. The fourth-order valence-corrected chi connectivity index (χ4v) is 3.76. The predicted octanol–water partition coefficient (Wildman–Crippen LogP) is 4.76. The van der Waals surface area contributed by atoms with Gasteiger partial charge in [-0.2, -0.15) is 5.10 Å². The van der Waals surface area contributed by atoms with E-state index in [4.69, 9.17) is 21.1 Å². The summed E-state index contributed by atoms with van der Waals surface area (Å²) in [5, 5.41) is 7.61. The third-order valence-electron chi connectivity index (χ3n) is 5.44. The van der Waals surface area contributed by atoms with Gasteiger partial charge >= 0.3 is 0 Å². The van der Waals surface area contributed by atoms with Crippen LogP contribution in [0.4, 0.5) is 4.39 Å². The first kappa shape index (κ1) is 27.6. The van der Waals surface area contributed by atoms with Crippen molar-refractivity contribution >= 4 is 23.3 Å². The van der Waals surface area contributed by atoms with Crippen LogP contribution in [-0.4, -0.2) is 49.6 Å². The summed E-state index contributed by atoms with van der Waals surface area (Å²) in [7, 11) is 0. The molecule has 1 heterocycles. The lowest BCUT2D eigenvalue weighted by Crippen LogP contribution is -2.36. The first-order chi connectivity index (χ1) is 17.4. The van der Waals surface area contributed by atoms with Gasteiger partial charge in [0.2, 0.25) is 0 Å². The molecule has 2 aromatic rings. The summed E-state index contributed by atoms with van der Waals surface area (Å²) in [5.41, 5.74) is 4.57. The lowest BCUT2D eigenvalue weighted by molar-refractivity contribution is 0.0337. The molecule has 9 heteroatoms. The minimum Gasteiger partial charge on any atom is -0.493 e. The summed E-state index contributed by atoms with van der Waals surface area (Å²) >= 11 is 6.16. The summed E-state index contributed by atoms with van der Waals surface area (Å²) < 4.78 is 25.9. The molecule has 2 N–H and O–H groups in total. The number of benzene rings is 2. The van der Waals surface area contributed by atoms with Gasteiger partial charge in [0.05, 0.1) is 26.4 Å². The van der Waals surface area contributed by atoms with Gasteiger partial charge in [0.1, 0.15) is 11.6 Å². The molecule has 0 aromatic heterocycles. The number of amidine groups is 1. The molecule has 194 valence electrons. The van der Waals surface area contributed by atoms with Crippen LogP contribution in [0, 0.1) is 11.7 Å². The van der Waals surface area contributed by atoms with E-state index < -0.39 is 11.7 Å². The molecule has 1 aliphatic heterocycles. The van der Waals surface area contributed by atoms with Crippen LogP contribution >= 0.6 is 11.6 Å². The molecule has 0 bridgehead atoms. The Balaban J connectivity index is 1.63. The molecule has 0 unspecified atom stereocenters. The van der Waals surface area contributed by atoms with E-state index in [0.29, 0.717) is 55.2 Å². The highest BCUT2D eigenvalue weighted by molar-refractivity contribution is 6.30. The van der Waals surface area contributed by atoms with Gasteiger partial charge in [0.15, 0.2) is 5.84 Å². The topological polar surface area (TPSA) is 75.2 Å². The number of amides is 1. The third-order valence-corrected chi connectivity index (χ3v) is 5.68. The van der Waals surface area contributed by atoms with E-state index in [2.05, 4.69) is 34.6 Å². The molecule has 7 nitrogen and oxygen atoms in total. The van der Waals surface area contributed by atoms with Gasteiger partial charge in [-0.15, -0.1) is 0 Å². The van der Waals surface area contributed by atoms with E-state index in [1.165, 1.54) is 6.07 Å². The minimum absolute atomic E-state index is 0.217. The summed E-state index contributed by atoms with van der Waals surface area (Å²) in [6, 6.07) is 9.96. The SMILES string of the molecule is C/C=C/C(=N\NCc1cc(Cl)ccc1OCC(C)C)NC(=O)c1ccc(CN2CCOCC2)c(F)c1. The van der Waals surface area contributed by atoms with Gasteiger partial charge in [-0.3, -0.25) is 9.69 Å². The predicted molar refractivity (Wildman–Crippen MR) is 141 cm³/mol. The number of hydrogen-bond acceptors (Lipinski definition) is 6. The highest BCUT2D eigenvalue weighted by atomic mass is 35.5. The average molecular weight is 517 g/mol. The zero-order valence-electron chi connectivity index (χ0n) is 21.0.